The van der Waals surface area contributed by atoms with Crippen LogP contribution in [0.1, 0.15) is 64.9 Å². The first kappa shape index (κ1) is 46.1. The monoisotopic (exact) mass is 825 g/mol. The second-order valence-electron chi connectivity index (χ2n) is 8.90. The molecule has 1 aromatic rings. The molecule has 3 unspecified atom stereocenters. The molecular formula is C28H48N4O3S2WY-2. The number of carbonyl (C=O) groups is 3. The minimum atomic E-state index is -0.448. The van der Waals surface area contributed by atoms with Gasteiger partial charge in [-0.05, 0) is 33.7 Å². The molecule has 1 radical (unpaired) electrons. The molecule has 0 aromatic heterocycles. The number of benzene rings is 1. The van der Waals surface area contributed by atoms with E-state index in [4.69, 9.17) is 4.79 Å². The fraction of sp³-hybridized carbons (Fsp3) is 0.571. The second kappa shape index (κ2) is 28.2. The van der Waals surface area contributed by atoms with Gasteiger partial charge in [-0.15, -0.1) is 23.3 Å². The quantitative estimate of drug-likeness (QED) is 0.107. The molecule has 4 N–H and O–H groups in total. The topological polar surface area (TPSA) is 105 Å². The van der Waals surface area contributed by atoms with E-state index in [1.807, 2.05) is 30.0 Å². The number of aryl methyl sites for hydroxylation is 1. The van der Waals surface area contributed by atoms with E-state index in [9.17, 15) is 9.59 Å². The van der Waals surface area contributed by atoms with Crippen LogP contribution in [0.5, 0.6) is 0 Å². The molecule has 0 saturated carbocycles. The molecule has 1 aliphatic rings. The number of nitrogens with zero attached hydrogens (tertiary/aromatic N) is 1. The van der Waals surface area contributed by atoms with Crippen molar-refractivity contribution in [3.05, 3.63) is 56.7 Å². The third-order valence-electron chi connectivity index (χ3n) is 6.50. The first-order chi connectivity index (χ1) is 17.7. The predicted molar refractivity (Wildman–Crippen MR) is 161 cm³/mol. The normalized spacial score (nSPS) is 17.1. The van der Waals surface area contributed by atoms with Crippen LogP contribution in [0.4, 0.5) is 0 Å². The van der Waals surface area contributed by atoms with Crippen LogP contribution in [0.25, 0.3) is 0 Å². The Labute approximate surface area is 288 Å². The molecule has 0 aliphatic carbocycles. The van der Waals surface area contributed by atoms with E-state index in [1.54, 1.807) is 7.05 Å². The summed E-state index contributed by atoms with van der Waals surface area (Å²) in [6, 6.07) is 11.0. The molecule has 3 atom stereocenters. The number of hydrogen-bond acceptors (Lipinski definition) is 6. The van der Waals surface area contributed by atoms with Gasteiger partial charge in [0.2, 0.25) is 18.2 Å². The maximum atomic E-state index is 13.1. The van der Waals surface area contributed by atoms with Gasteiger partial charge in [0.05, 0.1) is 6.54 Å². The number of thiol groups is 2. The van der Waals surface area contributed by atoms with Crippen molar-refractivity contribution < 1.29 is 68.2 Å². The summed E-state index contributed by atoms with van der Waals surface area (Å²) in [5, 5.41) is 5.69. The maximum absolute atomic E-state index is 13.1. The minimum absolute atomic E-state index is 0. The van der Waals surface area contributed by atoms with Crippen molar-refractivity contribution in [1.29, 1.82) is 0 Å². The summed E-state index contributed by atoms with van der Waals surface area (Å²) in [6.07, 6.45) is 6.24. The first-order valence-electron chi connectivity index (χ1n) is 12.7. The van der Waals surface area contributed by atoms with Gasteiger partial charge in [-0.25, -0.2) is 0 Å². The molecule has 7 nitrogen and oxygen atoms in total. The fourth-order valence-electron chi connectivity index (χ4n) is 4.60. The fourth-order valence-corrected chi connectivity index (χ4v) is 4.60. The zero-order valence-corrected chi connectivity index (χ0v) is 31.6. The molecule has 39 heavy (non-hydrogen) atoms. The third kappa shape index (κ3) is 17.0. The molecule has 0 spiro atoms. The summed E-state index contributed by atoms with van der Waals surface area (Å²) >= 11 is 6.44. The molecule has 2 rings (SSSR count). The van der Waals surface area contributed by atoms with Gasteiger partial charge >= 0.3 is 21.1 Å². The van der Waals surface area contributed by atoms with E-state index in [-0.39, 0.29) is 96.0 Å². The zero-order chi connectivity index (χ0) is 28.9. The Balaban J connectivity index is -0.000000319. The Kier molecular flexibility index (Phi) is 33.3. The van der Waals surface area contributed by atoms with E-state index in [2.05, 4.69) is 86.4 Å². The summed E-state index contributed by atoms with van der Waals surface area (Å²) in [7, 11) is 1.72. The van der Waals surface area contributed by atoms with Crippen molar-refractivity contribution in [3.63, 3.8) is 0 Å². The molecule has 221 valence electrons. The molecule has 0 bridgehead atoms. The second-order valence-corrected chi connectivity index (χ2v) is 8.90. The smallest absolute Gasteiger partial charge is 0.372 e. The number of rotatable bonds is 10. The minimum Gasteiger partial charge on any atom is -0.372 e. The maximum Gasteiger partial charge on any atom is 2.00 e. The number of likely N-dealkylation sites (N-methyl/N-ethyl adjacent to an activating group) is 1. The van der Waals surface area contributed by atoms with Gasteiger partial charge in [0, 0.05) is 44.8 Å². The first-order valence-corrected chi connectivity index (χ1v) is 14.3. The molecule has 1 heterocycles. The van der Waals surface area contributed by atoms with Crippen LogP contribution in [0, 0.1) is 32.3 Å². The number of likely N-dealkylation sites (tertiary alicyclic amines) is 1. The standard InChI is InChI=1S/C18H33N3O2.C9H10.CH3NO.H2S2.W.Y/c1-7-10-15(20-16(22)12-19-6)17(23)21-13(4)11-18(8-2,9-3)14(21)5;1-2-6-9-7-4-3-5-8-9;2-1-3;1-2;;/h13-15,19H,2-3,7-12H2,1,4-6H3,(H,20,22);3-5,7H,1-2,6H2;1H,(H2,2,3);1-2H;;/q2*-2;;;+2;. The molecule has 11 heteroatoms. The summed E-state index contributed by atoms with van der Waals surface area (Å²) in [6.45, 7) is 18.4. The van der Waals surface area contributed by atoms with E-state index in [1.165, 1.54) is 5.56 Å². The Morgan fingerprint density at radius 1 is 1.26 bits per heavy atom. The molecule has 1 aliphatic heterocycles. The van der Waals surface area contributed by atoms with E-state index < -0.39 is 6.04 Å². The Morgan fingerprint density at radius 3 is 2.21 bits per heavy atom. The van der Waals surface area contributed by atoms with Gasteiger partial charge in [-0.3, -0.25) is 14.4 Å². The third-order valence-corrected chi connectivity index (χ3v) is 6.50. The van der Waals surface area contributed by atoms with Crippen LogP contribution >= 0.6 is 23.3 Å². The van der Waals surface area contributed by atoms with Crippen molar-refractivity contribution in [2.75, 3.05) is 13.6 Å². The summed E-state index contributed by atoms with van der Waals surface area (Å²) in [5.74, 6) is -0.112. The molecule has 1 aromatic carbocycles. The van der Waals surface area contributed by atoms with Crippen LogP contribution in [0.2, 0.25) is 0 Å². The van der Waals surface area contributed by atoms with Crippen LogP contribution in [-0.2, 0) is 74.6 Å². The Bertz CT molecular complexity index is 747. The number of carbonyl (C=O) groups excluding carboxylic acids is 3. The molecular weight excluding hydrogens is 777 g/mol. The van der Waals surface area contributed by atoms with Crippen LogP contribution in [0.3, 0.4) is 0 Å². The van der Waals surface area contributed by atoms with Crippen molar-refractivity contribution in [2.24, 2.45) is 11.1 Å². The van der Waals surface area contributed by atoms with Gasteiger partial charge in [-0.1, -0.05) is 25.2 Å². The van der Waals surface area contributed by atoms with E-state index >= 15 is 0 Å². The van der Waals surface area contributed by atoms with E-state index in [0.29, 0.717) is 6.42 Å². The molecule has 1 fully saturated rings. The number of amides is 3. The van der Waals surface area contributed by atoms with Crippen molar-refractivity contribution >= 4 is 41.5 Å². The SMILES string of the molecule is NC=O.SS.[CH2-]CC1(C[CH2-])CC(C)N(C(=O)C(CCC)NC(=O)CNC)C1C.[CH2-]CCc1[c-]cccc1.[W+2].[Y]. The predicted octanol–water partition coefficient (Wildman–Crippen LogP) is 4.05. The van der Waals surface area contributed by atoms with Gasteiger partial charge in [0.15, 0.2) is 0 Å². The largest absolute Gasteiger partial charge is 2.00 e. The number of hydrogen-bond donors (Lipinski definition) is 5. The number of primary amides is 1. The van der Waals surface area contributed by atoms with Gasteiger partial charge in [0.25, 0.3) is 0 Å². The van der Waals surface area contributed by atoms with Crippen LogP contribution in [-0.4, -0.2) is 54.8 Å². The van der Waals surface area contributed by atoms with Crippen LogP contribution in [0.15, 0.2) is 24.3 Å². The average molecular weight is 826 g/mol. The van der Waals surface area contributed by atoms with Gasteiger partial charge in [-0.2, -0.15) is 55.2 Å². The van der Waals surface area contributed by atoms with Crippen molar-refractivity contribution in [1.82, 2.24) is 15.5 Å². The Hall–Kier alpha value is 0.0822. The van der Waals surface area contributed by atoms with Gasteiger partial charge in [0.1, 0.15) is 6.04 Å². The number of nitrogens with one attached hydrogen (secondary N) is 2. The zero-order valence-electron chi connectivity index (χ0n) is 24.0. The summed E-state index contributed by atoms with van der Waals surface area (Å²) in [5.41, 5.74) is 5.41. The summed E-state index contributed by atoms with van der Waals surface area (Å²) in [4.78, 5) is 35.5. The van der Waals surface area contributed by atoms with Crippen molar-refractivity contribution in [3.8, 4) is 0 Å². The summed E-state index contributed by atoms with van der Waals surface area (Å²) < 4.78 is 0. The molecule has 3 amide bonds. The van der Waals surface area contributed by atoms with E-state index in [0.717, 1.165) is 38.5 Å². The molecule has 1 saturated heterocycles. The Morgan fingerprint density at radius 2 is 1.82 bits per heavy atom. The average Bonchev–Trinajstić information content (AvgIpc) is 3.16. The number of nitrogens with two attached hydrogens (primary N) is 1. The van der Waals surface area contributed by atoms with Crippen LogP contribution < -0.4 is 16.4 Å². The van der Waals surface area contributed by atoms with Crippen molar-refractivity contribution in [2.45, 2.75) is 83.8 Å². The van der Waals surface area contributed by atoms with Gasteiger partial charge < -0.3 is 42.0 Å².